The van der Waals surface area contributed by atoms with Crippen molar-refractivity contribution in [1.82, 2.24) is 10.2 Å². The molecule has 104 valence electrons. The van der Waals surface area contributed by atoms with Crippen LogP contribution in [-0.4, -0.2) is 42.3 Å². The molecule has 1 N–H and O–H groups in total. The van der Waals surface area contributed by atoms with E-state index in [1.807, 2.05) is 25.7 Å². The lowest BCUT2D eigenvalue weighted by molar-refractivity contribution is 0.00627. The number of hydrogen-bond donors (Lipinski definition) is 1. The van der Waals surface area contributed by atoms with Gasteiger partial charge in [0, 0.05) is 31.6 Å². The fourth-order valence-corrected chi connectivity index (χ4v) is 2.75. The lowest BCUT2D eigenvalue weighted by Gasteiger charge is -2.41. The third kappa shape index (κ3) is 3.37. The Morgan fingerprint density at radius 3 is 2.50 bits per heavy atom. The van der Waals surface area contributed by atoms with Crippen molar-refractivity contribution >= 4 is 6.09 Å². The van der Waals surface area contributed by atoms with E-state index >= 15 is 0 Å². The zero-order valence-corrected chi connectivity index (χ0v) is 11.9. The van der Waals surface area contributed by atoms with Crippen LogP contribution in [0, 0.1) is 5.92 Å². The van der Waals surface area contributed by atoms with Crippen LogP contribution in [0.5, 0.6) is 0 Å². The fourth-order valence-electron chi connectivity index (χ4n) is 2.75. The minimum absolute atomic E-state index is 0.124. The molecular weight excluding hydrogens is 228 g/mol. The molecular formula is C14H26N2O2. The van der Waals surface area contributed by atoms with E-state index in [4.69, 9.17) is 4.74 Å². The van der Waals surface area contributed by atoms with Gasteiger partial charge >= 0.3 is 6.09 Å². The second kappa shape index (κ2) is 5.47. The maximum absolute atomic E-state index is 12.3. The van der Waals surface area contributed by atoms with Gasteiger partial charge in [-0.15, -0.1) is 0 Å². The van der Waals surface area contributed by atoms with Gasteiger partial charge in [-0.25, -0.2) is 4.79 Å². The number of hydrogen-bond acceptors (Lipinski definition) is 3. The van der Waals surface area contributed by atoms with Gasteiger partial charge in [0.2, 0.25) is 0 Å². The molecule has 0 bridgehead atoms. The normalized spacial score (nSPS) is 26.4. The van der Waals surface area contributed by atoms with E-state index in [2.05, 4.69) is 5.32 Å². The third-order valence-electron chi connectivity index (χ3n) is 3.78. The molecule has 0 aromatic carbocycles. The summed E-state index contributed by atoms with van der Waals surface area (Å²) in [7, 11) is 0. The van der Waals surface area contributed by atoms with Crippen molar-refractivity contribution in [1.29, 1.82) is 0 Å². The first kappa shape index (κ1) is 13.7. The van der Waals surface area contributed by atoms with Crippen LogP contribution in [0.2, 0.25) is 0 Å². The molecule has 2 aliphatic rings. The van der Waals surface area contributed by atoms with E-state index in [-0.39, 0.29) is 6.09 Å². The largest absolute Gasteiger partial charge is 0.444 e. The van der Waals surface area contributed by atoms with E-state index in [1.165, 1.54) is 12.8 Å². The first-order chi connectivity index (χ1) is 8.47. The molecule has 2 rings (SSSR count). The topological polar surface area (TPSA) is 41.6 Å². The second-order valence-electron chi connectivity index (χ2n) is 6.51. The van der Waals surface area contributed by atoms with Crippen LogP contribution in [0.25, 0.3) is 0 Å². The molecule has 2 heterocycles. The number of likely N-dealkylation sites (tertiary alicyclic amines) is 1. The molecule has 2 aliphatic heterocycles. The van der Waals surface area contributed by atoms with E-state index in [0.717, 1.165) is 32.5 Å². The molecule has 1 amide bonds. The Labute approximate surface area is 110 Å². The van der Waals surface area contributed by atoms with Crippen molar-refractivity contribution < 1.29 is 9.53 Å². The lowest BCUT2D eigenvalue weighted by Crippen LogP contribution is -2.56. The fraction of sp³-hybridized carbons (Fsp3) is 0.929. The second-order valence-corrected chi connectivity index (χ2v) is 6.51. The van der Waals surface area contributed by atoms with Crippen LogP contribution < -0.4 is 5.32 Å². The number of amides is 1. The van der Waals surface area contributed by atoms with E-state index in [9.17, 15) is 4.79 Å². The Morgan fingerprint density at radius 2 is 1.94 bits per heavy atom. The zero-order valence-electron chi connectivity index (χ0n) is 11.9. The number of carbonyl (C=O) groups is 1. The van der Waals surface area contributed by atoms with Crippen molar-refractivity contribution in [2.24, 2.45) is 5.92 Å². The molecule has 4 nitrogen and oxygen atoms in total. The van der Waals surface area contributed by atoms with Crippen LogP contribution >= 0.6 is 0 Å². The van der Waals surface area contributed by atoms with Gasteiger partial charge in [-0.1, -0.05) is 12.8 Å². The van der Waals surface area contributed by atoms with Crippen molar-refractivity contribution in [2.45, 2.75) is 58.1 Å². The molecule has 4 heteroatoms. The predicted octanol–water partition coefficient (Wildman–Crippen LogP) is 2.39. The minimum Gasteiger partial charge on any atom is -0.444 e. The maximum atomic E-state index is 12.3. The SMILES string of the molecule is CC(C)(C)OC(=O)N1CCCCC[C@@H]1C1CNC1. The summed E-state index contributed by atoms with van der Waals surface area (Å²) in [6.07, 6.45) is 4.58. The number of ether oxygens (including phenoxy) is 1. The maximum Gasteiger partial charge on any atom is 0.410 e. The van der Waals surface area contributed by atoms with Gasteiger partial charge in [-0.2, -0.15) is 0 Å². The molecule has 0 spiro atoms. The average molecular weight is 254 g/mol. The van der Waals surface area contributed by atoms with Crippen LogP contribution in [-0.2, 0) is 4.74 Å². The number of nitrogens with one attached hydrogen (secondary N) is 1. The molecule has 0 unspecified atom stereocenters. The summed E-state index contributed by atoms with van der Waals surface area (Å²) in [5.41, 5.74) is -0.397. The first-order valence-corrected chi connectivity index (χ1v) is 7.18. The quantitative estimate of drug-likeness (QED) is 0.781. The highest BCUT2D eigenvalue weighted by molar-refractivity contribution is 5.68. The van der Waals surface area contributed by atoms with E-state index in [1.54, 1.807) is 0 Å². The van der Waals surface area contributed by atoms with Gasteiger partial charge in [0.1, 0.15) is 5.60 Å². The summed E-state index contributed by atoms with van der Waals surface area (Å²) in [5.74, 6) is 0.621. The standard InChI is InChI=1S/C14H26N2O2/c1-14(2,3)18-13(17)16-8-6-4-5-7-12(16)11-9-15-10-11/h11-12,15H,4-10H2,1-3H3/t12-/m1/s1. The summed E-state index contributed by atoms with van der Waals surface area (Å²) in [6, 6.07) is 0.378. The van der Waals surface area contributed by atoms with Gasteiger partial charge in [0.25, 0.3) is 0 Å². The molecule has 0 radical (unpaired) electrons. The molecule has 0 aromatic heterocycles. The monoisotopic (exact) mass is 254 g/mol. The van der Waals surface area contributed by atoms with Gasteiger partial charge < -0.3 is 15.0 Å². The first-order valence-electron chi connectivity index (χ1n) is 7.18. The summed E-state index contributed by atoms with van der Waals surface area (Å²) in [6.45, 7) is 8.75. The van der Waals surface area contributed by atoms with Gasteiger partial charge in [0.15, 0.2) is 0 Å². The van der Waals surface area contributed by atoms with Crippen LogP contribution in [0.4, 0.5) is 4.79 Å². The highest BCUT2D eigenvalue weighted by Gasteiger charge is 2.36. The Balaban J connectivity index is 2.02. The van der Waals surface area contributed by atoms with Crippen LogP contribution in [0.3, 0.4) is 0 Å². The molecule has 18 heavy (non-hydrogen) atoms. The van der Waals surface area contributed by atoms with Crippen molar-refractivity contribution in [3.63, 3.8) is 0 Å². The molecule has 0 saturated carbocycles. The van der Waals surface area contributed by atoms with Crippen molar-refractivity contribution in [3.8, 4) is 0 Å². The molecule has 2 saturated heterocycles. The van der Waals surface area contributed by atoms with Crippen molar-refractivity contribution in [2.75, 3.05) is 19.6 Å². The van der Waals surface area contributed by atoms with Crippen LogP contribution in [0.1, 0.15) is 46.5 Å². The highest BCUT2D eigenvalue weighted by atomic mass is 16.6. The average Bonchev–Trinajstić information content (AvgIpc) is 2.38. The lowest BCUT2D eigenvalue weighted by atomic mass is 9.90. The number of rotatable bonds is 1. The Morgan fingerprint density at radius 1 is 1.22 bits per heavy atom. The molecule has 1 atom stereocenters. The summed E-state index contributed by atoms with van der Waals surface area (Å²) in [5, 5.41) is 3.31. The van der Waals surface area contributed by atoms with Crippen LogP contribution in [0.15, 0.2) is 0 Å². The van der Waals surface area contributed by atoms with Gasteiger partial charge in [-0.05, 0) is 33.6 Å². The van der Waals surface area contributed by atoms with Crippen molar-refractivity contribution in [3.05, 3.63) is 0 Å². The zero-order chi connectivity index (χ0) is 13.2. The smallest absolute Gasteiger partial charge is 0.410 e. The van der Waals surface area contributed by atoms with Gasteiger partial charge in [0.05, 0.1) is 0 Å². The molecule has 2 fully saturated rings. The molecule has 0 aliphatic carbocycles. The molecule has 0 aromatic rings. The van der Waals surface area contributed by atoms with E-state index in [0.29, 0.717) is 12.0 Å². The Hall–Kier alpha value is -0.770. The Bertz CT molecular complexity index is 295. The number of nitrogens with zero attached hydrogens (tertiary/aromatic N) is 1. The summed E-state index contributed by atoms with van der Waals surface area (Å²) in [4.78, 5) is 14.3. The Kier molecular flexibility index (Phi) is 4.15. The summed E-state index contributed by atoms with van der Waals surface area (Å²) < 4.78 is 5.55. The number of carbonyl (C=O) groups excluding carboxylic acids is 1. The highest BCUT2D eigenvalue weighted by Crippen LogP contribution is 2.26. The van der Waals surface area contributed by atoms with E-state index < -0.39 is 5.60 Å². The summed E-state index contributed by atoms with van der Waals surface area (Å²) >= 11 is 0. The minimum atomic E-state index is -0.397. The van der Waals surface area contributed by atoms with Gasteiger partial charge in [-0.3, -0.25) is 0 Å². The predicted molar refractivity (Wildman–Crippen MR) is 71.6 cm³/mol. The third-order valence-corrected chi connectivity index (χ3v) is 3.78.